The average Bonchev–Trinajstić information content (AvgIpc) is 2.82. The minimum absolute atomic E-state index is 0.165. The van der Waals surface area contributed by atoms with Crippen LogP contribution in [0, 0.1) is 0 Å². The Labute approximate surface area is 176 Å². The van der Waals surface area contributed by atoms with Gasteiger partial charge in [0.25, 0.3) is 5.91 Å². The summed E-state index contributed by atoms with van der Waals surface area (Å²) in [5, 5.41) is 0. The van der Waals surface area contributed by atoms with Gasteiger partial charge in [0.2, 0.25) is 0 Å². The molecule has 0 radical (unpaired) electrons. The second-order valence-corrected chi connectivity index (χ2v) is 6.75. The number of hydrogen-bond donors (Lipinski definition) is 0. The van der Waals surface area contributed by atoms with Gasteiger partial charge in [0.1, 0.15) is 0 Å². The van der Waals surface area contributed by atoms with Crippen molar-refractivity contribution >= 4 is 11.7 Å². The van der Waals surface area contributed by atoms with E-state index in [2.05, 4.69) is 0 Å². The maximum atomic E-state index is 13.3. The lowest BCUT2D eigenvalue weighted by molar-refractivity contribution is 0.0748. The van der Waals surface area contributed by atoms with Gasteiger partial charge in [-0.3, -0.25) is 9.59 Å². The summed E-state index contributed by atoms with van der Waals surface area (Å²) in [4.78, 5) is 28.0. The molecule has 3 aromatic carbocycles. The predicted molar refractivity (Wildman–Crippen MR) is 116 cm³/mol. The second-order valence-electron chi connectivity index (χ2n) is 6.75. The molecule has 0 bridgehead atoms. The Hall–Kier alpha value is -3.60. The minimum atomic E-state index is -0.188. The highest BCUT2D eigenvalue weighted by atomic mass is 16.5. The number of rotatable bonds is 8. The van der Waals surface area contributed by atoms with E-state index in [0.29, 0.717) is 41.3 Å². The van der Waals surface area contributed by atoms with Crippen molar-refractivity contribution in [1.82, 2.24) is 4.90 Å². The summed E-state index contributed by atoms with van der Waals surface area (Å²) >= 11 is 0. The fraction of sp³-hybridized carbons (Fsp3) is 0.200. The summed E-state index contributed by atoms with van der Waals surface area (Å²) in [7, 11) is 3.16. The van der Waals surface area contributed by atoms with Crippen LogP contribution in [0.5, 0.6) is 11.5 Å². The number of carbonyl (C=O) groups is 2. The summed E-state index contributed by atoms with van der Waals surface area (Å²) in [5.74, 6) is 0.890. The number of methoxy groups -OCH3 is 2. The normalized spacial score (nSPS) is 10.4. The van der Waals surface area contributed by atoms with Crippen molar-refractivity contribution < 1.29 is 19.1 Å². The van der Waals surface area contributed by atoms with Crippen LogP contribution in [-0.4, -0.2) is 37.4 Å². The van der Waals surface area contributed by atoms with E-state index in [1.165, 1.54) is 0 Å². The summed E-state index contributed by atoms with van der Waals surface area (Å²) in [5.41, 5.74) is 2.27. The predicted octanol–water partition coefficient (Wildman–Crippen LogP) is 4.60. The van der Waals surface area contributed by atoms with Gasteiger partial charge in [0.05, 0.1) is 19.8 Å². The molecule has 0 aromatic heterocycles. The molecule has 0 saturated heterocycles. The third kappa shape index (κ3) is 4.51. The van der Waals surface area contributed by atoms with Crippen LogP contribution in [0.1, 0.15) is 38.8 Å². The first kappa shape index (κ1) is 21.1. The van der Waals surface area contributed by atoms with Gasteiger partial charge in [-0.25, -0.2) is 0 Å². The maximum Gasteiger partial charge on any atom is 0.254 e. The molecular formula is C25H25NO4. The molecule has 0 heterocycles. The number of nitrogens with zero attached hydrogens (tertiary/aromatic N) is 1. The highest BCUT2D eigenvalue weighted by Crippen LogP contribution is 2.28. The van der Waals surface area contributed by atoms with Crippen molar-refractivity contribution in [1.29, 1.82) is 0 Å². The third-order valence-corrected chi connectivity index (χ3v) is 4.93. The molecule has 0 aliphatic carbocycles. The van der Waals surface area contributed by atoms with Crippen LogP contribution in [0.15, 0.2) is 72.8 Å². The molecule has 0 spiro atoms. The van der Waals surface area contributed by atoms with Crippen molar-refractivity contribution in [3.8, 4) is 11.5 Å². The third-order valence-electron chi connectivity index (χ3n) is 4.93. The second kappa shape index (κ2) is 9.74. The molecule has 0 aliphatic rings. The summed E-state index contributed by atoms with van der Waals surface area (Å²) < 4.78 is 10.6. The van der Waals surface area contributed by atoms with Crippen molar-refractivity contribution in [3.05, 3.63) is 95.1 Å². The standard InChI is InChI=1S/C25H25NO4/c1-4-26(17-18-14-15-22(29-2)23(16-18)30-3)25(28)21-13-9-8-12-20(21)24(27)19-10-6-5-7-11-19/h5-16H,4,17H2,1-3H3. The Morgan fingerprint density at radius 3 is 2.07 bits per heavy atom. The molecule has 154 valence electrons. The van der Waals surface area contributed by atoms with E-state index in [0.717, 1.165) is 5.56 Å². The van der Waals surface area contributed by atoms with Crippen LogP contribution < -0.4 is 9.47 Å². The van der Waals surface area contributed by atoms with Crippen molar-refractivity contribution in [2.24, 2.45) is 0 Å². The van der Waals surface area contributed by atoms with E-state index >= 15 is 0 Å². The first-order chi connectivity index (χ1) is 14.6. The van der Waals surface area contributed by atoms with E-state index in [9.17, 15) is 9.59 Å². The molecule has 5 heteroatoms. The number of amides is 1. The van der Waals surface area contributed by atoms with Crippen LogP contribution in [0.25, 0.3) is 0 Å². The van der Waals surface area contributed by atoms with E-state index in [4.69, 9.17) is 9.47 Å². The summed E-state index contributed by atoms with van der Waals surface area (Å²) in [6, 6.07) is 21.5. The zero-order chi connectivity index (χ0) is 21.5. The quantitative estimate of drug-likeness (QED) is 0.516. The number of ketones is 1. The van der Waals surface area contributed by atoms with Crippen LogP contribution in [0.4, 0.5) is 0 Å². The summed E-state index contributed by atoms with van der Waals surface area (Å²) in [6.45, 7) is 2.81. The topological polar surface area (TPSA) is 55.8 Å². The Kier molecular flexibility index (Phi) is 6.86. The molecule has 1 amide bonds. The largest absolute Gasteiger partial charge is 0.493 e. The minimum Gasteiger partial charge on any atom is -0.493 e. The van der Waals surface area contributed by atoms with Crippen LogP contribution in [-0.2, 0) is 6.54 Å². The number of benzene rings is 3. The molecule has 30 heavy (non-hydrogen) atoms. The monoisotopic (exact) mass is 403 g/mol. The van der Waals surface area contributed by atoms with Gasteiger partial charge >= 0.3 is 0 Å². The maximum absolute atomic E-state index is 13.3. The highest BCUT2D eigenvalue weighted by Gasteiger charge is 2.22. The SMILES string of the molecule is CCN(Cc1ccc(OC)c(OC)c1)C(=O)c1ccccc1C(=O)c1ccccc1. The number of ether oxygens (including phenoxy) is 2. The fourth-order valence-electron chi connectivity index (χ4n) is 3.31. The molecule has 0 unspecified atom stereocenters. The lowest BCUT2D eigenvalue weighted by atomic mass is 9.97. The zero-order valence-corrected chi connectivity index (χ0v) is 17.4. The lowest BCUT2D eigenvalue weighted by Crippen LogP contribution is -2.31. The Morgan fingerprint density at radius 1 is 0.800 bits per heavy atom. The average molecular weight is 403 g/mol. The summed E-state index contributed by atoms with van der Waals surface area (Å²) in [6.07, 6.45) is 0. The zero-order valence-electron chi connectivity index (χ0n) is 17.4. The molecule has 0 N–H and O–H groups in total. The van der Waals surface area contributed by atoms with Gasteiger partial charge in [-0.1, -0.05) is 54.6 Å². The molecule has 3 aromatic rings. The molecule has 0 fully saturated rings. The molecular weight excluding hydrogens is 378 g/mol. The first-order valence-corrected chi connectivity index (χ1v) is 9.78. The van der Waals surface area contributed by atoms with Crippen molar-refractivity contribution in [3.63, 3.8) is 0 Å². The van der Waals surface area contributed by atoms with E-state index in [1.54, 1.807) is 55.5 Å². The van der Waals surface area contributed by atoms with E-state index in [1.807, 2.05) is 43.3 Å². The van der Waals surface area contributed by atoms with Gasteiger partial charge < -0.3 is 14.4 Å². The first-order valence-electron chi connectivity index (χ1n) is 9.78. The molecule has 5 nitrogen and oxygen atoms in total. The molecule has 0 atom stereocenters. The Morgan fingerprint density at radius 2 is 1.43 bits per heavy atom. The van der Waals surface area contributed by atoms with Gasteiger partial charge in [-0.05, 0) is 30.7 Å². The molecule has 0 aliphatic heterocycles. The highest BCUT2D eigenvalue weighted by molar-refractivity contribution is 6.15. The Balaban J connectivity index is 1.89. The number of hydrogen-bond acceptors (Lipinski definition) is 4. The van der Waals surface area contributed by atoms with Crippen LogP contribution in [0.3, 0.4) is 0 Å². The van der Waals surface area contributed by atoms with Gasteiger partial charge in [0.15, 0.2) is 17.3 Å². The smallest absolute Gasteiger partial charge is 0.254 e. The Bertz CT molecular complexity index is 1030. The number of carbonyl (C=O) groups excluding carboxylic acids is 2. The molecule has 3 rings (SSSR count). The van der Waals surface area contributed by atoms with E-state index < -0.39 is 0 Å². The van der Waals surface area contributed by atoms with Crippen LogP contribution >= 0.6 is 0 Å². The van der Waals surface area contributed by atoms with Crippen LogP contribution in [0.2, 0.25) is 0 Å². The fourth-order valence-corrected chi connectivity index (χ4v) is 3.31. The van der Waals surface area contributed by atoms with Gasteiger partial charge in [-0.15, -0.1) is 0 Å². The van der Waals surface area contributed by atoms with Gasteiger partial charge in [0, 0.05) is 24.2 Å². The van der Waals surface area contributed by atoms with Crippen molar-refractivity contribution in [2.45, 2.75) is 13.5 Å². The van der Waals surface area contributed by atoms with E-state index in [-0.39, 0.29) is 11.7 Å². The lowest BCUT2D eigenvalue weighted by Gasteiger charge is -2.23. The van der Waals surface area contributed by atoms with Gasteiger partial charge in [-0.2, -0.15) is 0 Å². The van der Waals surface area contributed by atoms with Crippen molar-refractivity contribution in [2.75, 3.05) is 20.8 Å². The molecule has 0 saturated carbocycles.